The minimum Gasteiger partial charge on any atom is -0.281 e. The van der Waals surface area contributed by atoms with Crippen molar-refractivity contribution >= 4 is 5.69 Å². The van der Waals surface area contributed by atoms with E-state index in [1.54, 1.807) is 12.1 Å². The Morgan fingerprint density at radius 3 is 2.47 bits per heavy atom. The quantitative estimate of drug-likeness (QED) is 0.674. The van der Waals surface area contributed by atoms with Crippen LogP contribution >= 0.6 is 0 Å². The van der Waals surface area contributed by atoms with Gasteiger partial charge in [-0.25, -0.2) is 0 Å². The Kier molecular flexibility index (Phi) is 2.72. The first-order valence-electron chi connectivity index (χ1n) is 5.89. The maximum atomic E-state index is 10.6. The Labute approximate surface area is 109 Å². The van der Waals surface area contributed by atoms with Crippen LogP contribution in [0.1, 0.15) is 11.6 Å². The number of aromatic amines is 1. The third kappa shape index (κ3) is 2.18. The number of hydrogen-bond donors (Lipinski definition) is 1. The molecule has 5 nitrogen and oxygen atoms in total. The molecule has 5 heteroatoms. The molecule has 94 valence electrons. The lowest BCUT2D eigenvalue weighted by Crippen LogP contribution is -1.87. The first-order chi connectivity index (χ1) is 9.24. The highest BCUT2D eigenvalue weighted by Crippen LogP contribution is 2.26. The van der Waals surface area contributed by atoms with Crippen LogP contribution in [-0.4, -0.2) is 15.1 Å². The summed E-state index contributed by atoms with van der Waals surface area (Å²) in [4.78, 5) is 10.2. The monoisotopic (exact) mass is 253 g/mol. The highest BCUT2D eigenvalue weighted by atomic mass is 16.6. The Morgan fingerprint density at radius 1 is 1.16 bits per heavy atom. The minimum atomic E-state index is -0.409. The van der Waals surface area contributed by atoms with Crippen LogP contribution < -0.4 is 0 Å². The zero-order valence-electron chi connectivity index (χ0n) is 9.98. The average Bonchev–Trinajstić information content (AvgIpc) is 3.10. The molecule has 1 aromatic carbocycles. The zero-order valence-corrected chi connectivity index (χ0v) is 9.98. The molecule has 1 N–H and O–H groups in total. The van der Waals surface area contributed by atoms with Gasteiger partial charge in [-0.05, 0) is 18.2 Å². The molecule has 0 saturated heterocycles. The van der Waals surface area contributed by atoms with E-state index < -0.39 is 4.92 Å². The Morgan fingerprint density at radius 2 is 1.84 bits per heavy atom. The summed E-state index contributed by atoms with van der Waals surface area (Å²) in [6.07, 6.45) is 8.15. The van der Waals surface area contributed by atoms with Gasteiger partial charge in [0.15, 0.2) is 0 Å². The molecule has 0 aliphatic heterocycles. The van der Waals surface area contributed by atoms with Crippen molar-refractivity contribution in [3.63, 3.8) is 0 Å². The summed E-state index contributed by atoms with van der Waals surface area (Å²) in [5.41, 5.74) is 2.75. The van der Waals surface area contributed by atoms with E-state index in [4.69, 9.17) is 0 Å². The fraction of sp³-hybridized carbons (Fsp3) is 0.0714. The summed E-state index contributed by atoms with van der Waals surface area (Å²) >= 11 is 0. The predicted octanol–water partition coefficient (Wildman–Crippen LogP) is 3.19. The number of aromatic nitrogens is 2. The predicted molar refractivity (Wildman–Crippen MR) is 71.7 cm³/mol. The van der Waals surface area contributed by atoms with Gasteiger partial charge in [0.2, 0.25) is 0 Å². The number of nitrogens with zero attached hydrogens (tertiary/aromatic N) is 2. The number of allylic oxidation sites excluding steroid dienone is 4. The molecule has 1 aliphatic carbocycles. The zero-order chi connectivity index (χ0) is 13.2. The lowest BCUT2D eigenvalue weighted by atomic mass is 10.1. The number of hydrogen-bond acceptors (Lipinski definition) is 3. The van der Waals surface area contributed by atoms with Crippen molar-refractivity contribution < 1.29 is 4.92 Å². The number of non-ortho nitro benzene ring substituents is 1. The van der Waals surface area contributed by atoms with E-state index in [0.29, 0.717) is 0 Å². The summed E-state index contributed by atoms with van der Waals surface area (Å²) < 4.78 is 0. The van der Waals surface area contributed by atoms with Crippen molar-refractivity contribution in [2.24, 2.45) is 0 Å². The highest BCUT2D eigenvalue weighted by Gasteiger charge is 2.12. The highest BCUT2D eigenvalue weighted by molar-refractivity contribution is 5.61. The third-order valence-corrected chi connectivity index (χ3v) is 3.08. The third-order valence-electron chi connectivity index (χ3n) is 3.08. The molecular formula is C14H11N3O2. The van der Waals surface area contributed by atoms with E-state index in [0.717, 1.165) is 17.0 Å². The van der Waals surface area contributed by atoms with Crippen molar-refractivity contribution in [2.75, 3.05) is 0 Å². The number of nitro benzene ring substituents is 1. The first-order valence-corrected chi connectivity index (χ1v) is 5.89. The molecule has 0 atom stereocenters. The second-order valence-corrected chi connectivity index (χ2v) is 4.31. The van der Waals surface area contributed by atoms with Gasteiger partial charge in [-0.2, -0.15) is 5.10 Å². The lowest BCUT2D eigenvalue weighted by molar-refractivity contribution is -0.384. The van der Waals surface area contributed by atoms with E-state index in [1.165, 1.54) is 12.1 Å². The van der Waals surface area contributed by atoms with Gasteiger partial charge in [0.1, 0.15) is 0 Å². The molecule has 0 amide bonds. The summed E-state index contributed by atoms with van der Waals surface area (Å²) in [6, 6.07) is 8.35. The maximum absolute atomic E-state index is 10.6. The van der Waals surface area contributed by atoms with E-state index >= 15 is 0 Å². The van der Waals surface area contributed by atoms with Crippen LogP contribution in [0.5, 0.6) is 0 Å². The molecule has 0 fully saturated rings. The number of H-pyrrole nitrogens is 1. The van der Waals surface area contributed by atoms with Crippen LogP contribution in [0.2, 0.25) is 0 Å². The summed E-state index contributed by atoms with van der Waals surface area (Å²) in [5, 5.41) is 17.8. The van der Waals surface area contributed by atoms with Crippen LogP contribution in [0.15, 0.2) is 54.6 Å². The van der Waals surface area contributed by atoms with Crippen molar-refractivity contribution in [2.45, 2.75) is 5.92 Å². The normalized spacial score (nSPS) is 14.1. The van der Waals surface area contributed by atoms with Gasteiger partial charge >= 0.3 is 0 Å². The van der Waals surface area contributed by atoms with Gasteiger partial charge in [0.05, 0.1) is 10.6 Å². The fourth-order valence-electron chi connectivity index (χ4n) is 2.05. The molecule has 0 spiro atoms. The van der Waals surface area contributed by atoms with Crippen LogP contribution in [-0.2, 0) is 0 Å². The van der Waals surface area contributed by atoms with Crippen molar-refractivity contribution in [1.82, 2.24) is 10.2 Å². The number of rotatable bonds is 3. The molecule has 0 bridgehead atoms. The molecule has 19 heavy (non-hydrogen) atoms. The van der Waals surface area contributed by atoms with Crippen molar-refractivity contribution in [3.8, 4) is 11.3 Å². The average molecular weight is 253 g/mol. The van der Waals surface area contributed by atoms with Gasteiger partial charge in [-0.3, -0.25) is 15.2 Å². The van der Waals surface area contributed by atoms with Gasteiger partial charge < -0.3 is 0 Å². The molecule has 1 heterocycles. The molecule has 1 aromatic heterocycles. The minimum absolute atomic E-state index is 0.0844. The van der Waals surface area contributed by atoms with Gasteiger partial charge in [0.25, 0.3) is 5.69 Å². The summed E-state index contributed by atoms with van der Waals surface area (Å²) in [6.45, 7) is 0. The SMILES string of the molecule is O=[N+]([O-])c1ccc(-c2cc(C3C=CC=C3)[nH]n2)cc1. The molecule has 2 aromatic rings. The fourth-order valence-corrected chi connectivity index (χ4v) is 2.05. The maximum Gasteiger partial charge on any atom is 0.269 e. The second-order valence-electron chi connectivity index (χ2n) is 4.31. The molecule has 0 radical (unpaired) electrons. The molecular weight excluding hydrogens is 242 g/mol. The Bertz CT molecular complexity index is 656. The van der Waals surface area contributed by atoms with Crippen LogP contribution in [0.4, 0.5) is 5.69 Å². The number of nitrogens with one attached hydrogen (secondary N) is 1. The Hall–Kier alpha value is -2.69. The first kappa shape index (κ1) is 11.4. The van der Waals surface area contributed by atoms with Crippen LogP contribution in [0.25, 0.3) is 11.3 Å². The van der Waals surface area contributed by atoms with Gasteiger partial charge in [0, 0.05) is 29.3 Å². The summed E-state index contributed by atoms with van der Waals surface area (Å²) in [7, 11) is 0. The molecule has 1 aliphatic rings. The lowest BCUT2D eigenvalue weighted by Gasteiger charge is -1.98. The van der Waals surface area contributed by atoms with Crippen LogP contribution in [0, 0.1) is 10.1 Å². The largest absolute Gasteiger partial charge is 0.281 e. The molecule has 0 unspecified atom stereocenters. The smallest absolute Gasteiger partial charge is 0.269 e. The van der Waals surface area contributed by atoms with Crippen molar-refractivity contribution in [3.05, 3.63) is 70.4 Å². The van der Waals surface area contributed by atoms with Gasteiger partial charge in [-0.1, -0.05) is 24.3 Å². The standard InChI is InChI=1S/C14H11N3O2/c18-17(19)12-7-5-11(6-8-12)14-9-13(15-16-14)10-3-1-2-4-10/h1-10H,(H,15,16). The molecule has 3 rings (SSSR count). The summed E-state index contributed by atoms with van der Waals surface area (Å²) in [5.74, 6) is 0.235. The van der Waals surface area contributed by atoms with Gasteiger partial charge in [-0.15, -0.1) is 0 Å². The van der Waals surface area contributed by atoms with E-state index in [-0.39, 0.29) is 11.6 Å². The van der Waals surface area contributed by atoms with Crippen molar-refractivity contribution in [1.29, 1.82) is 0 Å². The number of benzene rings is 1. The molecule has 0 saturated carbocycles. The van der Waals surface area contributed by atoms with Crippen LogP contribution in [0.3, 0.4) is 0 Å². The number of nitro groups is 1. The topological polar surface area (TPSA) is 71.8 Å². The van der Waals surface area contributed by atoms with E-state index in [2.05, 4.69) is 22.3 Å². The second kappa shape index (κ2) is 4.53. The van der Waals surface area contributed by atoms with E-state index in [9.17, 15) is 10.1 Å². The Balaban J connectivity index is 1.88. The van der Waals surface area contributed by atoms with E-state index in [1.807, 2.05) is 18.2 Å².